The molecule has 0 aliphatic heterocycles. The van der Waals surface area contributed by atoms with E-state index in [4.69, 9.17) is 16.3 Å². The van der Waals surface area contributed by atoms with Gasteiger partial charge < -0.3 is 10.1 Å². The number of hydrogen-bond donors (Lipinski definition) is 1. The highest BCUT2D eigenvalue weighted by Crippen LogP contribution is 2.18. The van der Waals surface area contributed by atoms with Crippen LogP contribution in [0.4, 0.5) is 5.69 Å². The van der Waals surface area contributed by atoms with E-state index in [9.17, 15) is 4.79 Å². The molecule has 1 rings (SSSR count). The van der Waals surface area contributed by atoms with Crippen LogP contribution in [0.3, 0.4) is 0 Å². The van der Waals surface area contributed by atoms with Gasteiger partial charge in [-0.2, -0.15) is 0 Å². The Hall–Kier alpha value is -1.22. The largest absolute Gasteiger partial charge is 0.491 e. The molecule has 94 valence electrons. The summed E-state index contributed by atoms with van der Waals surface area (Å²) in [5, 5.41) is 2.81. The minimum atomic E-state index is -0.0210. The summed E-state index contributed by atoms with van der Waals surface area (Å²) in [6.07, 6.45) is 1.26. The summed E-state index contributed by atoms with van der Waals surface area (Å²) in [5.74, 6) is 1.24. The first kappa shape index (κ1) is 13.8. The maximum absolute atomic E-state index is 11.5. The van der Waals surface area contributed by atoms with Gasteiger partial charge in [0.05, 0.1) is 6.10 Å². The first-order valence-corrected chi connectivity index (χ1v) is 6.28. The molecule has 1 N–H and O–H groups in total. The second kappa shape index (κ2) is 7.17. The fraction of sp³-hybridized carbons (Fsp3) is 0.462. The number of alkyl halides is 1. The third kappa shape index (κ3) is 5.59. The van der Waals surface area contributed by atoms with Gasteiger partial charge in [-0.3, -0.25) is 4.79 Å². The number of ether oxygens (including phenoxy) is 1. The molecular formula is C13H18ClNO2. The van der Waals surface area contributed by atoms with E-state index in [1.165, 1.54) is 0 Å². The Morgan fingerprint density at radius 3 is 2.88 bits per heavy atom. The molecule has 4 heteroatoms. The number of hydrogen-bond acceptors (Lipinski definition) is 2. The molecule has 0 heterocycles. The Morgan fingerprint density at radius 2 is 2.24 bits per heavy atom. The fourth-order valence-corrected chi connectivity index (χ4v) is 1.50. The Morgan fingerprint density at radius 1 is 1.47 bits per heavy atom. The molecule has 17 heavy (non-hydrogen) atoms. The van der Waals surface area contributed by atoms with Crippen molar-refractivity contribution < 1.29 is 9.53 Å². The van der Waals surface area contributed by atoms with Gasteiger partial charge in [-0.25, -0.2) is 0 Å². The fourth-order valence-electron chi connectivity index (χ4n) is 1.37. The molecule has 0 unspecified atom stereocenters. The zero-order valence-electron chi connectivity index (χ0n) is 10.2. The quantitative estimate of drug-likeness (QED) is 0.791. The molecule has 1 amide bonds. The minimum Gasteiger partial charge on any atom is -0.491 e. The standard InChI is InChI=1S/C13H18ClNO2/c1-10(2)17-12-6-3-5-11(9-12)15-13(16)7-4-8-14/h3,5-6,9-10H,4,7-8H2,1-2H3,(H,15,16). The second-order valence-electron chi connectivity index (χ2n) is 4.04. The number of benzene rings is 1. The lowest BCUT2D eigenvalue weighted by Crippen LogP contribution is -2.11. The van der Waals surface area contributed by atoms with Crippen molar-refractivity contribution in [2.24, 2.45) is 0 Å². The molecule has 1 aromatic carbocycles. The summed E-state index contributed by atoms with van der Waals surface area (Å²) in [6.45, 7) is 3.93. The Labute approximate surface area is 107 Å². The van der Waals surface area contributed by atoms with Gasteiger partial charge in [-0.15, -0.1) is 11.6 Å². The lowest BCUT2D eigenvalue weighted by Gasteiger charge is -2.11. The van der Waals surface area contributed by atoms with Gasteiger partial charge in [0.1, 0.15) is 5.75 Å². The van der Waals surface area contributed by atoms with Gasteiger partial charge in [0, 0.05) is 24.1 Å². The van der Waals surface area contributed by atoms with E-state index in [0.717, 1.165) is 11.4 Å². The number of anilines is 1. The molecule has 0 aliphatic rings. The minimum absolute atomic E-state index is 0.0210. The lowest BCUT2D eigenvalue weighted by atomic mass is 10.2. The smallest absolute Gasteiger partial charge is 0.224 e. The van der Waals surface area contributed by atoms with Crippen LogP contribution in [0.5, 0.6) is 5.75 Å². The van der Waals surface area contributed by atoms with E-state index < -0.39 is 0 Å². The summed E-state index contributed by atoms with van der Waals surface area (Å²) < 4.78 is 5.55. The SMILES string of the molecule is CC(C)Oc1cccc(NC(=O)CCCCl)c1. The van der Waals surface area contributed by atoms with Crippen molar-refractivity contribution in [1.29, 1.82) is 0 Å². The van der Waals surface area contributed by atoms with E-state index >= 15 is 0 Å². The van der Waals surface area contributed by atoms with Crippen molar-refractivity contribution in [1.82, 2.24) is 0 Å². The zero-order valence-corrected chi connectivity index (χ0v) is 11.0. The molecule has 0 saturated carbocycles. The number of carbonyl (C=O) groups excluding carboxylic acids is 1. The van der Waals surface area contributed by atoms with Crippen molar-refractivity contribution in [3.05, 3.63) is 24.3 Å². The molecule has 0 bridgehead atoms. The van der Waals surface area contributed by atoms with Crippen molar-refractivity contribution in [3.63, 3.8) is 0 Å². The predicted octanol–water partition coefficient (Wildman–Crippen LogP) is 3.43. The second-order valence-corrected chi connectivity index (χ2v) is 4.41. The van der Waals surface area contributed by atoms with E-state index in [0.29, 0.717) is 18.7 Å². The van der Waals surface area contributed by atoms with Gasteiger partial charge in [0.15, 0.2) is 0 Å². The van der Waals surface area contributed by atoms with E-state index in [1.54, 1.807) is 0 Å². The van der Waals surface area contributed by atoms with Crippen molar-refractivity contribution >= 4 is 23.2 Å². The molecule has 1 aromatic rings. The number of halogens is 1. The molecule has 0 aromatic heterocycles. The molecule has 0 atom stereocenters. The highest BCUT2D eigenvalue weighted by molar-refractivity contribution is 6.18. The zero-order chi connectivity index (χ0) is 12.7. The number of carbonyl (C=O) groups is 1. The van der Waals surface area contributed by atoms with Crippen LogP contribution in [0, 0.1) is 0 Å². The number of amides is 1. The van der Waals surface area contributed by atoms with Crippen LogP contribution in [0.1, 0.15) is 26.7 Å². The van der Waals surface area contributed by atoms with Gasteiger partial charge in [-0.05, 0) is 32.4 Å². The van der Waals surface area contributed by atoms with Crippen molar-refractivity contribution in [2.75, 3.05) is 11.2 Å². The van der Waals surface area contributed by atoms with Crippen LogP contribution in [0.25, 0.3) is 0 Å². The molecule has 0 spiro atoms. The average Bonchev–Trinajstić information content (AvgIpc) is 2.26. The molecule has 0 fully saturated rings. The topological polar surface area (TPSA) is 38.3 Å². The van der Waals surface area contributed by atoms with Crippen molar-refractivity contribution in [3.8, 4) is 5.75 Å². The monoisotopic (exact) mass is 255 g/mol. The Balaban J connectivity index is 2.56. The average molecular weight is 256 g/mol. The molecule has 3 nitrogen and oxygen atoms in total. The van der Waals surface area contributed by atoms with Crippen molar-refractivity contribution in [2.45, 2.75) is 32.8 Å². The van der Waals surface area contributed by atoms with Crippen LogP contribution < -0.4 is 10.1 Å². The Kier molecular flexibility index (Phi) is 5.84. The predicted molar refractivity (Wildman–Crippen MR) is 70.8 cm³/mol. The van der Waals surface area contributed by atoms with Crippen LogP contribution in [-0.2, 0) is 4.79 Å². The summed E-state index contributed by atoms with van der Waals surface area (Å²) >= 11 is 5.53. The molecule has 0 saturated heterocycles. The normalized spacial score (nSPS) is 10.4. The third-order valence-corrected chi connectivity index (χ3v) is 2.29. The number of nitrogens with one attached hydrogen (secondary N) is 1. The third-order valence-electron chi connectivity index (χ3n) is 2.03. The van der Waals surface area contributed by atoms with Crippen LogP contribution >= 0.6 is 11.6 Å². The van der Waals surface area contributed by atoms with E-state index in [1.807, 2.05) is 38.1 Å². The number of rotatable bonds is 6. The van der Waals surface area contributed by atoms with Crippen LogP contribution in [0.15, 0.2) is 24.3 Å². The van der Waals surface area contributed by atoms with Crippen LogP contribution in [-0.4, -0.2) is 17.9 Å². The van der Waals surface area contributed by atoms with E-state index in [2.05, 4.69) is 5.32 Å². The van der Waals surface area contributed by atoms with Gasteiger partial charge >= 0.3 is 0 Å². The summed E-state index contributed by atoms with van der Waals surface area (Å²) in [7, 11) is 0. The summed E-state index contributed by atoms with van der Waals surface area (Å²) in [5.41, 5.74) is 0.753. The summed E-state index contributed by atoms with van der Waals surface area (Å²) in [6, 6.07) is 7.38. The lowest BCUT2D eigenvalue weighted by molar-refractivity contribution is -0.116. The first-order chi connectivity index (χ1) is 8.11. The van der Waals surface area contributed by atoms with Gasteiger partial charge in [0.25, 0.3) is 0 Å². The molecule has 0 aliphatic carbocycles. The molecule has 0 radical (unpaired) electrons. The highest BCUT2D eigenvalue weighted by atomic mass is 35.5. The van der Waals surface area contributed by atoms with Gasteiger partial charge in [-0.1, -0.05) is 6.07 Å². The maximum atomic E-state index is 11.5. The van der Waals surface area contributed by atoms with Crippen LogP contribution in [0.2, 0.25) is 0 Å². The van der Waals surface area contributed by atoms with Gasteiger partial charge in [0.2, 0.25) is 5.91 Å². The highest BCUT2D eigenvalue weighted by Gasteiger charge is 2.03. The Bertz CT molecular complexity index is 366. The maximum Gasteiger partial charge on any atom is 0.224 e. The first-order valence-electron chi connectivity index (χ1n) is 5.74. The van der Waals surface area contributed by atoms with E-state index in [-0.39, 0.29) is 12.0 Å². The molecular weight excluding hydrogens is 238 g/mol. The summed E-state index contributed by atoms with van der Waals surface area (Å²) in [4.78, 5) is 11.5.